The molecule has 0 atom stereocenters. The highest BCUT2D eigenvalue weighted by Gasteiger charge is 2.15. The Morgan fingerprint density at radius 3 is 2.94 bits per heavy atom. The second-order valence-corrected chi connectivity index (χ2v) is 4.07. The molecule has 0 spiro atoms. The molecule has 1 amide bonds. The van der Waals surface area contributed by atoms with Crippen molar-refractivity contribution in [3.63, 3.8) is 0 Å². The molecule has 2 aromatic heterocycles. The summed E-state index contributed by atoms with van der Waals surface area (Å²) in [6.45, 7) is 0. The van der Waals surface area contributed by atoms with E-state index < -0.39 is 11.9 Å². The van der Waals surface area contributed by atoms with Gasteiger partial charge in [0.25, 0.3) is 0 Å². The van der Waals surface area contributed by atoms with Crippen molar-refractivity contribution in [1.82, 2.24) is 25.4 Å². The molecule has 0 saturated carbocycles. The number of hydrogen-bond acceptors (Lipinski definition) is 7. The van der Waals surface area contributed by atoms with Gasteiger partial charge in [0.2, 0.25) is 5.82 Å². The highest BCUT2D eigenvalue weighted by atomic mass is 32.2. The first-order valence-electron chi connectivity index (χ1n) is 4.68. The molecule has 0 saturated heterocycles. The number of imidazole rings is 1. The Morgan fingerprint density at radius 2 is 2.28 bits per heavy atom. The molecular weight excluding hydrogens is 260 g/mol. The summed E-state index contributed by atoms with van der Waals surface area (Å²) in [5.41, 5.74) is 2.66. The maximum Gasteiger partial charge on any atom is 0.313 e. The van der Waals surface area contributed by atoms with E-state index in [-0.39, 0.29) is 17.2 Å². The maximum atomic E-state index is 11.3. The molecule has 2 heterocycles. The molecule has 94 valence electrons. The number of nitrogen functional groups attached to an aromatic ring is 1. The molecule has 0 radical (unpaired) electrons. The molecule has 18 heavy (non-hydrogen) atoms. The van der Waals surface area contributed by atoms with Crippen molar-refractivity contribution in [3.05, 3.63) is 12.2 Å². The SMILES string of the molecule is NNC(=O)c1nc(SCC(=O)O)c2[nH]cnc2n1. The normalized spacial score (nSPS) is 10.5. The fourth-order valence-electron chi connectivity index (χ4n) is 1.21. The Bertz CT molecular complexity index is 612. The summed E-state index contributed by atoms with van der Waals surface area (Å²) in [6, 6.07) is 0. The van der Waals surface area contributed by atoms with Crippen molar-refractivity contribution in [2.45, 2.75) is 5.03 Å². The third-order valence-electron chi connectivity index (χ3n) is 1.92. The summed E-state index contributed by atoms with van der Waals surface area (Å²) in [5.74, 6) is 2.98. The van der Waals surface area contributed by atoms with Crippen LogP contribution in [0.2, 0.25) is 0 Å². The molecule has 10 heteroatoms. The standard InChI is InChI=1S/C8H8N6O3S/c9-14-7(17)6-12-5-4(10-2-11-5)8(13-6)18-1-3(15)16/h2H,1,9H2,(H,14,17)(H,15,16)(H,10,11,12,13). The number of carboxylic acid groups (broad SMARTS) is 1. The number of aromatic amines is 1. The number of hydrazine groups is 1. The minimum absolute atomic E-state index is 0.162. The largest absolute Gasteiger partial charge is 0.481 e. The van der Waals surface area contributed by atoms with Gasteiger partial charge in [-0.15, -0.1) is 0 Å². The number of aliphatic carboxylic acids is 1. The lowest BCUT2D eigenvalue weighted by molar-refractivity contribution is -0.133. The van der Waals surface area contributed by atoms with E-state index in [1.165, 1.54) is 6.33 Å². The average molecular weight is 268 g/mol. The Labute approximate surface area is 104 Å². The molecule has 0 aliphatic carbocycles. The molecule has 0 bridgehead atoms. The first-order chi connectivity index (χ1) is 8.61. The van der Waals surface area contributed by atoms with Crippen molar-refractivity contribution >= 4 is 34.8 Å². The third kappa shape index (κ3) is 2.38. The minimum Gasteiger partial charge on any atom is -0.481 e. The van der Waals surface area contributed by atoms with Crippen molar-refractivity contribution < 1.29 is 14.7 Å². The summed E-state index contributed by atoms with van der Waals surface area (Å²) in [6.07, 6.45) is 1.38. The van der Waals surface area contributed by atoms with E-state index in [2.05, 4.69) is 19.9 Å². The lowest BCUT2D eigenvalue weighted by Gasteiger charge is -2.02. The monoisotopic (exact) mass is 268 g/mol. The minimum atomic E-state index is -0.990. The van der Waals surface area contributed by atoms with Gasteiger partial charge in [0.15, 0.2) is 5.65 Å². The Kier molecular flexibility index (Phi) is 3.39. The number of amides is 1. The van der Waals surface area contributed by atoms with Gasteiger partial charge < -0.3 is 10.1 Å². The number of thioether (sulfide) groups is 1. The first kappa shape index (κ1) is 12.3. The number of fused-ring (bicyclic) bond motifs is 1. The lowest BCUT2D eigenvalue weighted by atomic mass is 10.5. The molecule has 2 rings (SSSR count). The summed E-state index contributed by atoms with van der Waals surface area (Å²) in [7, 11) is 0. The predicted molar refractivity (Wildman–Crippen MR) is 61.7 cm³/mol. The lowest BCUT2D eigenvalue weighted by Crippen LogP contribution is -2.31. The van der Waals surface area contributed by atoms with Crippen LogP contribution in [0, 0.1) is 0 Å². The van der Waals surface area contributed by atoms with Gasteiger partial charge in [0.1, 0.15) is 10.5 Å². The van der Waals surface area contributed by atoms with E-state index in [1.807, 2.05) is 5.43 Å². The van der Waals surface area contributed by atoms with Crippen LogP contribution in [0.3, 0.4) is 0 Å². The maximum absolute atomic E-state index is 11.3. The number of carbonyl (C=O) groups excluding carboxylic acids is 1. The zero-order valence-corrected chi connectivity index (χ0v) is 9.69. The van der Waals surface area contributed by atoms with E-state index in [0.717, 1.165) is 11.8 Å². The van der Waals surface area contributed by atoms with Gasteiger partial charge in [-0.3, -0.25) is 15.0 Å². The zero-order chi connectivity index (χ0) is 13.1. The fraction of sp³-hybridized carbons (Fsp3) is 0.125. The predicted octanol–water partition coefficient (Wildman–Crippen LogP) is -0.867. The molecule has 0 aliphatic rings. The highest BCUT2D eigenvalue weighted by Crippen LogP contribution is 2.22. The zero-order valence-electron chi connectivity index (χ0n) is 8.88. The van der Waals surface area contributed by atoms with Crippen LogP contribution in [0.15, 0.2) is 11.4 Å². The molecular formula is C8H8N6O3S. The van der Waals surface area contributed by atoms with Crippen LogP contribution in [0.1, 0.15) is 10.6 Å². The van der Waals surface area contributed by atoms with Crippen LogP contribution in [-0.2, 0) is 4.79 Å². The van der Waals surface area contributed by atoms with E-state index >= 15 is 0 Å². The van der Waals surface area contributed by atoms with Crippen molar-refractivity contribution in [2.75, 3.05) is 5.75 Å². The number of carbonyl (C=O) groups is 2. The molecule has 0 unspecified atom stereocenters. The highest BCUT2D eigenvalue weighted by molar-refractivity contribution is 8.00. The van der Waals surface area contributed by atoms with Crippen molar-refractivity contribution in [2.24, 2.45) is 5.84 Å². The average Bonchev–Trinajstić information content (AvgIpc) is 2.82. The van der Waals surface area contributed by atoms with Gasteiger partial charge in [-0.1, -0.05) is 11.8 Å². The van der Waals surface area contributed by atoms with Gasteiger partial charge in [-0.25, -0.2) is 20.8 Å². The first-order valence-corrected chi connectivity index (χ1v) is 5.67. The molecule has 0 aliphatic heterocycles. The van der Waals surface area contributed by atoms with Crippen LogP contribution >= 0.6 is 11.8 Å². The number of hydrogen-bond donors (Lipinski definition) is 4. The van der Waals surface area contributed by atoms with Crippen LogP contribution in [0.5, 0.6) is 0 Å². The second kappa shape index (κ2) is 4.98. The Balaban J connectivity index is 2.44. The molecule has 5 N–H and O–H groups in total. The third-order valence-corrected chi connectivity index (χ3v) is 2.88. The summed E-state index contributed by atoms with van der Waals surface area (Å²) in [4.78, 5) is 36.4. The van der Waals surface area contributed by atoms with E-state index in [0.29, 0.717) is 10.5 Å². The molecule has 0 fully saturated rings. The number of aromatic nitrogens is 4. The van der Waals surface area contributed by atoms with Crippen molar-refractivity contribution in [3.8, 4) is 0 Å². The summed E-state index contributed by atoms with van der Waals surface area (Å²) >= 11 is 0.962. The van der Waals surface area contributed by atoms with Crippen LogP contribution in [0.25, 0.3) is 11.2 Å². The quantitative estimate of drug-likeness (QED) is 0.184. The Hall–Kier alpha value is -2.20. The number of nitrogens with two attached hydrogens (primary N) is 1. The van der Waals surface area contributed by atoms with Gasteiger partial charge in [0, 0.05) is 0 Å². The van der Waals surface area contributed by atoms with Gasteiger partial charge in [-0.2, -0.15) is 0 Å². The van der Waals surface area contributed by atoms with Crippen LogP contribution < -0.4 is 11.3 Å². The number of nitrogens with zero attached hydrogens (tertiary/aromatic N) is 3. The van der Waals surface area contributed by atoms with E-state index in [9.17, 15) is 9.59 Å². The number of carboxylic acids is 1. The molecule has 0 aromatic carbocycles. The van der Waals surface area contributed by atoms with E-state index in [1.54, 1.807) is 0 Å². The number of nitrogens with one attached hydrogen (secondary N) is 2. The topological polar surface area (TPSA) is 147 Å². The number of H-pyrrole nitrogens is 1. The summed E-state index contributed by atoms with van der Waals surface area (Å²) in [5, 5.41) is 8.96. The fourth-order valence-corrected chi connectivity index (χ4v) is 1.91. The van der Waals surface area contributed by atoms with Crippen molar-refractivity contribution in [1.29, 1.82) is 0 Å². The van der Waals surface area contributed by atoms with Gasteiger partial charge >= 0.3 is 11.9 Å². The van der Waals surface area contributed by atoms with Gasteiger partial charge in [0.05, 0.1) is 12.1 Å². The number of rotatable bonds is 4. The second-order valence-electron chi connectivity index (χ2n) is 3.11. The van der Waals surface area contributed by atoms with Crippen LogP contribution in [-0.4, -0.2) is 42.7 Å². The molecule has 2 aromatic rings. The van der Waals surface area contributed by atoms with E-state index in [4.69, 9.17) is 10.9 Å². The Morgan fingerprint density at radius 1 is 1.50 bits per heavy atom. The van der Waals surface area contributed by atoms with Crippen LogP contribution in [0.4, 0.5) is 0 Å². The summed E-state index contributed by atoms with van der Waals surface area (Å²) < 4.78 is 0. The van der Waals surface area contributed by atoms with Gasteiger partial charge in [-0.05, 0) is 0 Å². The molecule has 9 nitrogen and oxygen atoms in total. The smallest absolute Gasteiger partial charge is 0.313 e.